The number of aryl methyl sites for hydroxylation is 3. The monoisotopic (exact) mass is 344 g/mol. The molecule has 24 heavy (non-hydrogen) atoms. The van der Waals surface area contributed by atoms with Crippen molar-refractivity contribution in [2.75, 3.05) is 16.8 Å². The minimum Gasteiger partial charge on any atom is -0.324 e. The molecule has 0 aliphatic rings. The lowest BCUT2D eigenvalue weighted by atomic mass is 10.1. The van der Waals surface area contributed by atoms with Gasteiger partial charge < -0.3 is 10.2 Å². The van der Waals surface area contributed by atoms with Gasteiger partial charge in [-0.15, -0.1) is 0 Å². The van der Waals surface area contributed by atoms with Crippen molar-refractivity contribution in [3.8, 4) is 0 Å². The third kappa shape index (κ3) is 4.36. The number of nitrogens with zero attached hydrogens (tertiary/aromatic N) is 1. The number of hydrogen-bond acceptors (Lipinski definition) is 2. The van der Waals surface area contributed by atoms with Crippen LogP contribution in [-0.2, 0) is 9.59 Å². The molecular weight excluding hydrogens is 324 g/mol. The van der Waals surface area contributed by atoms with Gasteiger partial charge in [0.05, 0.1) is 0 Å². The van der Waals surface area contributed by atoms with E-state index in [2.05, 4.69) is 5.32 Å². The van der Waals surface area contributed by atoms with E-state index in [0.29, 0.717) is 10.7 Å². The second-order valence-electron chi connectivity index (χ2n) is 5.91. The number of benzene rings is 2. The Hall–Kier alpha value is -2.33. The highest BCUT2D eigenvalue weighted by atomic mass is 35.5. The highest BCUT2D eigenvalue weighted by molar-refractivity contribution is 6.31. The Morgan fingerprint density at radius 2 is 1.71 bits per heavy atom. The minimum atomic E-state index is -0.254. The summed E-state index contributed by atoms with van der Waals surface area (Å²) in [5, 5.41) is 3.43. The number of halogens is 1. The van der Waals surface area contributed by atoms with Gasteiger partial charge in [0.2, 0.25) is 11.8 Å². The summed E-state index contributed by atoms with van der Waals surface area (Å²) in [6.45, 7) is 7.14. The maximum Gasteiger partial charge on any atom is 0.244 e. The van der Waals surface area contributed by atoms with Crippen LogP contribution in [0.2, 0.25) is 5.02 Å². The third-order valence-corrected chi connectivity index (χ3v) is 4.22. The minimum absolute atomic E-state index is 0.0674. The van der Waals surface area contributed by atoms with Crippen molar-refractivity contribution in [3.05, 3.63) is 58.1 Å². The van der Waals surface area contributed by atoms with Gasteiger partial charge in [0.1, 0.15) is 6.54 Å². The predicted octanol–water partition coefficient (Wildman–Crippen LogP) is 4.26. The molecule has 1 N–H and O–H groups in total. The number of carbonyl (C=O) groups excluding carboxylic acids is 2. The second kappa shape index (κ2) is 7.49. The van der Waals surface area contributed by atoms with E-state index in [9.17, 15) is 9.59 Å². The van der Waals surface area contributed by atoms with E-state index in [1.165, 1.54) is 11.8 Å². The Morgan fingerprint density at radius 3 is 2.33 bits per heavy atom. The van der Waals surface area contributed by atoms with E-state index >= 15 is 0 Å². The molecule has 2 aromatic carbocycles. The van der Waals surface area contributed by atoms with Crippen molar-refractivity contribution in [1.29, 1.82) is 0 Å². The summed E-state index contributed by atoms with van der Waals surface area (Å²) in [6, 6.07) is 11.2. The van der Waals surface area contributed by atoms with E-state index in [1.54, 1.807) is 12.1 Å². The molecule has 0 atom stereocenters. The number of rotatable bonds is 4. The molecule has 0 fully saturated rings. The molecular formula is C19H21ClN2O2. The molecule has 0 saturated heterocycles. The van der Waals surface area contributed by atoms with Crippen LogP contribution in [0, 0.1) is 20.8 Å². The van der Waals surface area contributed by atoms with Gasteiger partial charge in [-0.3, -0.25) is 9.59 Å². The van der Waals surface area contributed by atoms with Crippen LogP contribution in [0.15, 0.2) is 36.4 Å². The summed E-state index contributed by atoms with van der Waals surface area (Å²) in [7, 11) is 0. The first-order chi connectivity index (χ1) is 11.3. The molecule has 0 radical (unpaired) electrons. The zero-order valence-electron chi connectivity index (χ0n) is 14.3. The fourth-order valence-electron chi connectivity index (χ4n) is 2.34. The van der Waals surface area contributed by atoms with E-state index in [1.807, 2.05) is 45.0 Å². The molecule has 2 aromatic rings. The summed E-state index contributed by atoms with van der Waals surface area (Å²) in [5.74, 6) is -0.471. The van der Waals surface area contributed by atoms with Crippen LogP contribution in [0.3, 0.4) is 0 Å². The van der Waals surface area contributed by atoms with Crippen LogP contribution in [-0.4, -0.2) is 18.4 Å². The molecule has 0 aromatic heterocycles. The highest BCUT2D eigenvalue weighted by Gasteiger charge is 2.17. The van der Waals surface area contributed by atoms with Crippen molar-refractivity contribution < 1.29 is 9.59 Å². The van der Waals surface area contributed by atoms with Crippen molar-refractivity contribution in [3.63, 3.8) is 0 Å². The van der Waals surface area contributed by atoms with E-state index in [-0.39, 0.29) is 18.4 Å². The Bertz CT molecular complexity index is 787. The van der Waals surface area contributed by atoms with E-state index in [4.69, 9.17) is 11.6 Å². The van der Waals surface area contributed by atoms with Gasteiger partial charge in [-0.05, 0) is 55.7 Å². The average Bonchev–Trinajstić information content (AvgIpc) is 2.51. The van der Waals surface area contributed by atoms with Gasteiger partial charge in [-0.2, -0.15) is 0 Å². The van der Waals surface area contributed by atoms with Gasteiger partial charge in [-0.1, -0.05) is 29.8 Å². The van der Waals surface area contributed by atoms with Crippen LogP contribution in [0.25, 0.3) is 0 Å². The SMILES string of the molecule is CC(=O)N(CC(=O)Nc1cc(C)ccc1C)c1ccc(C)c(Cl)c1. The fraction of sp³-hybridized carbons (Fsp3) is 0.263. The van der Waals surface area contributed by atoms with Gasteiger partial charge in [0, 0.05) is 23.3 Å². The van der Waals surface area contributed by atoms with Gasteiger partial charge in [-0.25, -0.2) is 0 Å². The van der Waals surface area contributed by atoms with Gasteiger partial charge >= 0.3 is 0 Å². The fourth-order valence-corrected chi connectivity index (χ4v) is 2.51. The first kappa shape index (κ1) is 18.0. The number of carbonyl (C=O) groups is 2. The van der Waals surface area contributed by atoms with Crippen molar-refractivity contribution in [2.24, 2.45) is 0 Å². The summed E-state index contributed by atoms with van der Waals surface area (Å²) in [6.07, 6.45) is 0. The summed E-state index contributed by atoms with van der Waals surface area (Å²) in [5.41, 5.74) is 4.31. The van der Waals surface area contributed by atoms with E-state index < -0.39 is 0 Å². The second-order valence-corrected chi connectivity index (χ2v) is 6.31. The maximum atomic E-state index is 12.4. The quantitative estimate of drug-likeness (QED) is 0.901. The molecule has 0 bridgehead atoms. The standard InChI is InChI=1S/C19H21ClN2O2/c1-12-5-6-14(3)18(9-12)21-19(24)11-22(15(4)23)16-8-7-13(2)17(20)10-16/h5-10H,11H2,1-4H3,(H,21,24). The lowest BCUT2D eigenvalue weighted by Gasteiger charge is -2.21. The highest BCUT2D eigenvalue weighted by Crippen LogP contribution is 2.23. The average molecular weight is 345 g/mol. The lowest BCUT2D eigenvalue weighted by molar-refractivity contribution is -0.120. The third-order valence-electron chi connectivity index (χ3n) is 3.82. The van der Waals surface area contributed by atoms with Gasteiger partial charge in [0.25, 0.3) is 0 Å². The number of amides is 2. The van der Waals surface area contributed by atoms with Gasteiger partial charge in [0.15, 0.2) is 0 Å². The maximum absolute atomic E-state index is 12.4. The lowest BCUT2D eigenvalue weighted by Crippen LogP contribution is -2.36. The molecule has 126 valence electrons. The molecule has 0 saturated carbocycles. The predicted molar refractivity (Wildman–Crippen MR) is 98.8 cm³/mol. The Kier molecular flexibility index (Phi) is 5.62. The molecule has 0 heterocycles. The molecule has 0 aliphatic heterocycles. The number of hydrogen-bond donors (Lipinski definition) is 1. The smallest absolute Gasteiger partial charge is 0.244 e. The summed E-state index contributed by atoms with van der Waals surface area (Å²) >= 11 is 6.13. The zero-order chi connectivity index (χ0) is 17.9. The Labute approximate surface area is 147 Å². The molecule has 2 amide bonds. The van der Waals surface area contributed by atoms with E-state index in [0.717, 1.165) is 22.4 Å². The normalized spacial score (nSPS) is 10.4. The van der Waals surface area contributed by atoms with Crippen LogP contribution >= 0.6 is 11.6 Å². The first-order valence-corrected chi connectivity index (χ1v) is 8.07. The zero-order valence-corrected chi connectivity index (χ0v) is 15.1. The largest absolute Gasteiger partial charge is 0.324 e. The molecule has 2 rings (SSSR count). The molecule has 5 heteroatoms. The summed E-state index contributed by atoms with van der Waals surface area (Å²) < 4.78 is 0. The molecule has 0 unspecified atom stereocenters. The first-order valence-electron chi connectivity index (χ1n) is 7.69. The van der Waals surface area contributed by atoms with Crippen molar-refractivity contribution in [2.45, 2.75) is 27.7 Å². The Balaban J connectivity index is 2.18. The van der Waals surface area contributed by atoms with Crippen molar-refractivity contribution in [1.82, 2.24) is 0 Å². The van der Waals surface area contributed by atoms with Crippen LogP contribution in [0.1, 0.15) is 23.6 Å². The Morgan fingerprint density at radius 1 is 1.04 bits per heavy atom. The number of anilines is 2. The molecule has 0 spiro atoms. The van der Waals surface area contributed by atoms with Crippen LogP contribution < -0.4 is 10.2 Å². The molecule has 0 aliphatic carbocycles. The summed E-state index contributed by atoms with van der Waals surface area (Å²) in [4.78, 5) is 25.7. The van der Waals surface area contributed by atoms with Crippen LogP contribution in [0.5, 0.6) is 0 Å². The topological polar surface area (TPSA) is 49.4 Å². The van der Waals surface area contributed by atoms with Crippen LogP contribution in [0.4, 0.5) is 11.4 Å². The molecule has 4 nitrogen and oxygen atoms in total. The van der Waals surface area contributed by atoms with Crippen molar-refractivity contribution >= 4 is 34.8 Å². The number of nitrogens with one attached hydrogen (secondary N) is 1.